The highest BCUT2D eigenvalue weighted by Crippen LogP contribution is 2.08. The number of amides is 2. The van der Waals surface area contributed by atoms with Crippen molar-refractivity contribution in [1.29, 1.82) is 0 Å². The molecule has 2 amide bonds. The van der Waals surface area contributed by atoms with Crippen LogP contribution in [0.25, 0.3) is 0 Å². The fourth-order valence-electron chi connectivity index (χ4n) is 1.73. The van der Waals surface area contributed by atoms with E-state index in [-0.39, 0.29) is 18.6 Å². The Hall–Kier alpha value is -1.69. The van der Waals surface area contributed by atoms with Gasteiger partial charge in [-0.2, -0.15) is 0 Å². The Labute approximate surface area is 117 Å². The molecule has 0 aromatic heterocycles. The predicted octanol–water partition coefficient (Wildman–Crippen LogP) is 1.82. The van der Waals surface area contributed by atoms with Crippen molar-refractivity contribution in [2.45, 2.75) is 19.8 Å². The van der Waals surface area contributed by atoms with Crippen LogP contribution in [0.4, 0.5) is 13.6 Å². The summed E-state index contributed by atoms with van der Waals surface area (Å²) in [6, 6.07) is 2.97. The zero-order valence-corrected chi connectivity index (χ0v) is 11.5. The lowest BCUT2D eigenvalue weighted by atomic mass is 10.1. The molecule has 0 saturated heterocycles. The van der Waals surface area contributed by atoms with Crippen molar-refractivity contribution in [2.75, 3.05) is 19.7 Å². The fourth-order valence-corrected chi connectivity index (χ4v) is 1.73. The molecule has 0 bridgehead atoms. The molecule has 0 aliphatic carbocycles. The molecule has 1 aromatic carbocycles. The van der Waals surface area contributed by atoms with Crippen molar-refractivity contribution in [3.05, 3.63) is 35.4 Å². The minimum atomic E-state index is -0.623. The highest BCUT2D eigenvalue weighted by Gasteiger charge is 2.05. The Morgan fingerprint density at radius 1 is 1.25 bits per heavy atom. The smallest absolute Gasteiger partial charge is 0.314 e. The van der Waals surface area contributed by atoms with E-state index in [1.165, 1.54) is 12.1 Å². The molecule has 1 aromatic rings. The number of hydrogen-bond donors (Lipinski definition) is 3. The first-order chi connectivity index (χ1) is 9.51. The first-order valence-corrected chi connectivity index (χ1v) is 6.58. The third-order valence-corrected chi connectivity index (χ3v) is 2.85. The van der Waals surface area contributed by atoms with Crippen LogP contribution in [0, 0.1) is 17.6 Å². The summed E-state index contributed by atoms with van der Waals surface area (Å²) in [5.41, 5.74) is 0.497. The lowest BCUT2D eigenvalue weighted by Gasteiger charge is -2.12. The molecule has 112 valence electrons. The first-order valence-electron chi connectivity index (χ1n) is 6.58. The molecule has 1 unspecified atom stereocenters. The second-order valence-electron chi connectivity index (χ2n) is 4.78. The van der Waals surface area contributed by atoms with Gasteiger partial charge >= 0.3 is 6.03 Å². The Kier molecular flexibility index (Phi) is 6.93. The summed E-state index contributed by atoms with van der Waals surface area (Å²) in [4.78, 5) is 11.4. The van der Waals surface area contributed by atoms with E-state index < -0.39 is 11.6 Å². The third-order valence-electron chi connectivity index (χ3n) is 2.85. The minimum absolute atomic E-state index is 0.0929. The van der Waals surface area contributed by atoms with Crippen LogP contribution in [0.1, 0.15) is 18.9 Å². The average molecular weight is 286 g/mol. The predicted molar refractivity (Wildman–Crippen MR) is 72.3 cm³/mol. The molecule has 1 atom stereocenters. The zero-order valence-electron chi connectivity index (χ0n) is 11.5. The van der Waals surface area contributed by atoms with E-state index in [2.05, 4.69) is 10.6 Å². The molecule has 4 nitrogen and oxygen atoms in total. The van der Waals surface area contributed by atoms with E-state index in [9.17, 15) is 13.6 Å². The standard InChI is InChI=1S/C14H20F2N2O2/c1-10(3-5-19)9-18-14(20)17-4-2-11-6-12(15)8-13(16)7-11/h6-8,10,19H,2-5,9H2,1H3,(H2,17,18,20). The van der Waals surface area contributed by atoms with Crippen LogP contribution in [0.5, 0.6) is 0 Å². The molecule has 1 rings (SSSR count). The van der Waals surface area contributed by atoms with E-state index in [0.717, 1.165) is 6.07 Å². The largest absolute Gasteiger partial charge is 0.396 e. The van der Waals surface area contributed by atoms with Gasteiger partial charge in [0, 0.05) is 25.8 Å². The Balaban J connectivity index is 2.24. The van der Waals surface area contributed by atoms with E-state index >= 15 is 0 Å². The number of rotatable bonds is 7. The van der Waals surface area contributed by atoms with Gasteiger partial charge in [0.1, 0.15) is 11.6 Å². The lowest BCUT2D eigenvalue weighted by Crippen LogP contribution is -2.38. The number of carbonyl (C=O) groups is 1. The summed E-state index contributed by atoms with van der Waals surface area (Å²) in [6.45, 7) is 2.78. The molecule has 0 saturated carbocycles. The lowest BCUT2D eigenvalue weighted by molar-refractivity contribution is 0.234. The molecule has 6 heteroatoms. The van der Waals surface area contributed by atoms with Gasteiger partial charge in [0.2, 0.25) is 0 Å². The van der Waals surface area contributed by atoms with Crippen molar-refractivity contribution in [3.8, 4) is 0 Å². The van der Waals surface area contributed by atoms with Crippen molar-refractivity contribution in [1.82, 2.24) is 10.6 Å². The highest BCUT2D eigenvalue weighted by molar-refractivity contribution is 5.73. The van der Waals surface area contributed by atoms with Gasteiger partial charge in [-0.15, -0.1) is 0 Å². The van der Waals surface area contributed by atoms with Crippen molar-refractivity contribution < 1.29 is 18.7 Å². The SMILES string of the molecule is CC(CCO)CNC(=O)NCCc1cc(F)cc(F)c1. The summed E-state index contributed by atoms with van der Waals surface area (Å²) >= 11 is 0. The van der Waals surface area contributed by atoms with Gasteiger partial charge in [-0.05, 0) is 36.5 Å². The summed E-state index contributed by atoms with van der Waals surface area (Å²) in [5, 5.41) is 14.0. The first kappa shape index (κ1) is 16.4. The summed E-state index contributed by atoms with van der Waals surface area (Å²) < 4.78 is 25.9. The van der Waals surface area contributed by atoms with Crippen LogP contribution in [0.3, 0.4) is 0 Å². The molecule has 0 spiro atoms. The number of carbonyl (C=O) groups excluding carboxylic acids is 1. The van der Waals surface area contributed by atoms with Crippen LogP contribution in [0.15, 0.2) is 18.2 Å². The molecule has 0 fully saturated rings. The number of aliphatic hydroxyl groups is 1. The Morgan fingerprint density at radius 3 is 2.50 bits per heavy atom. The van der Waals surface area contributed by atoms with Crippen molar-refractivity contribution >= 4 is 6.03 Å². The van der Waals surface area contributed by atoms with Crippen LogP contribution < -0.4 is 10.6 Å². The van der Waals surface area contributed by atoms with Crippen LogP contribution in [-0.4, -0.2) is 30.8 Å². The highest BCUT2D eigenvalue weighted by atomic mass is 19.1. The normalized spacial score (nSPS) is 12.0. The van der Waals surface area contributed by atoms with Gasteiger partial charge < -0.3 is 15.7 Å². The van der Waals surface area contributed by atoms with E-state index in [4.69, 9.17) is 5.11 Å². The van der Waals surface area contributed by atoms with Gasteiger partial charge in [0.15, 0.2) is 0 Å². The molecule has 3 N–H and O–H groups in total. The monoisotopic (exact) mass is 286 g/mol. The fraction of sp³-hybridized carbons (Fsp3) is 0.500. The molecule has 0 radical (unpaired) electrons. The minimum Gasteiger partial charge on any atom is -0.396 e. The van der Waals surface area contributed by atoms with Crippen LogP contribution >= 0.6 is 0 Å². The van der Waals surface area contributed by atoms with Gasteiger partial charge in [-0.3, -0.25) is 0 Å². The second kappa shape index (κ2) is 8.47. The summed E-state index contributed by atoms with van der Waals surface area (Å²) in [5.74, 6) is -1.05. The van der Waals surface area contributed by atoms with Gasteiger partial charge in [-0.1, -0.05) is 6.92 Å². The molecule has 0 aliphatic rings. The topological polar surface area (TPSA) is 61.4 Å². The van der Waals surface area contributed by atoms with Crippen molar-refractivity contribution in [3.63, 3.8) is 0 Å². The molecular formula is C14H20F2N2O2. The number of hydrogen-bond acceptors (Lipinski definition) is 2. The maximum atomic E-state index is 12.9. The second-order valence-corrected chi connectivity index (χ2v) is 4.78. The van der Waals surface area contributed by atoms with Crippen LogP contribution in [0.2, 0.25) is 0 Å². The molecule has 0 heterocycles. The van der Waals surface area contributed by atoms with E-state index in [1.54, 1.807) is 0 Å². The van der Waals surface area contributed by atoms with Crippen molar-refractivity contribution in [2.24, 2.45) is 5.92 Å². The molecule has 0 aliphatic heterocycles. The van der Waals surface area contributed by atoms with E-state index in [1.807, 2.05) is 6.92 Å². The maximum absolute atomic E-state index is 12.9. The summed E-state index contributed by atoms with van der Waals surface area (Å²) in [7, 11) is 0. The number of halogens is 2. The quantitative estimate of drug-likeness (QED) is 0.716. The van der Waals surface area contributed by atoms with Gasteiger partial charge in [-0.25, -0.2) is 13.6 Å². The number of benzene rings is 1. The van der Waals surface area contributed by atoms with Gasteiger partial charge in [0.25, 0.3) is 0 Å². The Bertz CT molecular complexity index is 421. The zero-order chi connectivity index (χ0) is 15.0. The van der Waals surface area contributed by atoms with E-state index in [0.29, 0.717) is 31.5 Å². The molecular weight excluding hydrogens is 266 g/mol. The Morgan fingerprint density at radius 2 is 1.90 bits per heavy atom. The molecule has 20 heavy (non-hydrogen) atoms. The van der Waals surface area contributed by atoms with Crippen LogP contribution in [-0.2, 0) is 6.42 Å². The average Bonchev–Trinajstić information content (AvgIpc) is 2.35. The number of aliphatic hydroxyl groups excluding tert-OH is 1. The number of nitrogens with one attached hydrogen (secondary N) is 2. The van der Waals surface area contributed by atoms with Gasteiger partial charge in [0.05, 0.1) is 0 Å². The third kappa shape index (κ3) is 6.47. The summed E-state index contributed by atoms with van der Waals surface area (Å²) in [6.07, 6.45) is 0.983. The number of urea groups is 1. The maximum Gasteiger partial charge on any atom is 0.314 e.